The molecule has 0 radical (unpaired) electrons. The number of amides is 1. The highest BCUT2D eigenvalue weighted by Crippen LogP contribution is 2.28. The summed E-state index contributed by atoms with van der Waals surface area (Å²) in [6.45, 7) is 4.74. The van der Waals surface area contributed by atoms with Gasteiger partial charge in [-0.25, -0.2) is 0 Å². The average Bonchev–Trinajstić information content (AvgIpc) is 2.93. The lowest BCUT2D eigenvalue weighted by Crippen LogP contribution is -2.49. The highest BCUT2D eigenvalue weighted by atomic mass is 35.5. The Morgan fingerprint density at radius 2 is 1.88 bits per heavy atom. The summed E-state index contributed by atoms with van der Waals surface area (Å²) in [4.78, 5) is 16.7. The number of benzene rings is 1. The molecule has 124 valence electrons. The number of halogens is 1. The predicted molar refractivity (Wildman–Crippen MR) is 94.4 cm³/mol. The average molecular weight is 343 g/mol. The van der Waals surface area contributed by atoms with E-state index in [1.807, 2.05) is 41.6 Å². The van der Waals surface area contributed by atoms with E-state index in [0.717, 1.165) is 30.2 Å². The minimum atomic E-state index is 0.0659. The zero-order chi connectivity index (χ0) is 17.3. The maximum atomic E-state index is 12.7. The van der Waals surface area contributed by atoms with E-state index in [4.69, 9.17) is 16.9 Å². The summed E-state index contributed by atoms with van der Waals surface area (Å²) in [5, 5.41) is 9.50. The van der Waals surface area contributed by atoms with Crippen LogP contribution >= 0.6 is 11.6 Å². The second-order valence-corrected chi connectivity index (χ2v) is 6.38. The van der Waals surface area contributed by atoms with Crippen molar-refractivity contribution >= 4 is 23.2 Å². The molecule has 0 spiro atoms. The number of nitriles is 1. The van der Waals surface area contributed by atoms with Crippen LogP contribution < -0.4 is 4.90 Å². The third kappa shape index (κ3) is 2.98. The fourth-order valence-corrected chi connectivity index (χ4v) is 3.27. The molecular weight excluding hydrogens is 324 g/mol. The Balaban J connectivity index is 1.69. The third-order valence-corrected chi connectivity index (χ3v) is 4.88. The van der Waals surface area contributed by atoms with Crippen molar-refractivity contribution in [2.45, 2.75) is 6.92 Å². The van der Waals surface area contributed by atoms with E-state index < -0.39 is 0 Å². The minimum absolute atomic E-state index is 0.0659. The maximum absolute atomic E-state index is 12.7. The topological polar surface area (TPSA) is 52.3 Å². The molecule has 24 heavy (non-hydrogen) atoms. The van der Waals surface area contributed by atoms with Gasteiger partial charge in [-0.1, -0.05) is 11.6 Å². The quantitative estimate of drug-likeness (QED) is 0.843. The zero-order valence-corrected chi connectivity index (χ0v) is 14.5. The summed E-state index contributed by atoms with van der Waals surface area (Å²) in [5.74, 6) is 0.0659. The van der Waals surface area contributed by atoms with Gasteiger partial charge in [0.25, 0.3) is 5.91 Å². The van der Waals surface area contributed by atoms with E-state index in [0.29, 0.717) is 23.7 Å². The molecule has 0 aliphatic carbocycles. The lowest BCUT2D eigenvalue weighted by Gasteiger charge is -2.36. The van der Waals surface area contributed by atoms with Crippen molar-refractivity contribution in [3.05, 3.63) is 52.3 Å². The SMILES string of the molecule is Cc1ccc(C(=O)N2CCN(c3ccc(C#N)cc3Cl)CC2)n1C. The van der Waals surface area contributed by atoms with Gasteiger partial charge < -0.3 is 14.4 Å². The lowest BCUT2D eigenvalue weighted by atomic mass is 10.2. The van der Waals surface area contributed by atoms with Crippen LogP contribution in [0.4, 0.5) is 5.69 Å². The third-order valence-electron chi connectivity index (χ3n) is 4.58. The molecule has 0 N–H and O–H groups in total. The molecule has 1 fully saturated rings. The van der Waals surface area contributed by atoms with Gasteiger partial charge in [-0.15, -0.1) is 0 Å². The van der Waals surface area contributed by atoms with Gasteiger partial charge in [-0.2, -0.15) is 5.26 Å². The molecule has 2 aromatic rings. The van der Waals surface area contributed by atoms with Crippen molar-refractivity contribution < 1.29 is 4.79 Å². The van der Waals surface area contributed by atoms with Gasteiger partial charge >= 0.3 is 0 Å². The van der Waals surface area contributed by atoms with Crippen LogP contribution in [-0.2, 0) is 7.05 Å². The highest BCUT2D eigenvalue weighted by molar-refractivity contribution is 6.33. The van der Waals surface area contributed by atoms with Crippen LogP contribution in [0.2, 0.25) is 5.02 Å². The van der Waals surface area contributed by atoms with Crippen molar-refractivity contribution in [2.75, 3.05) is 31.1 Å². The van der Waals surface area contributed by atoms with Gasteiger partial charge in [0.2, 0.25) is 0 Å². The Bertz CT molecular complexity index is 813. The van der Waals surface area contributed by atoms with Crippen molar-refractivity contribution in [1.29, 1.82) is 5.26 Å². The first kappa shape index (κ1) is 16.4. The largest absolute Gasteiger partial charge is 0.367 e. The maximum Gasteiger partial charge on any atom is 0.270 e. The molecule has 0 bridgehead atoms. The summed E-state index contributed by atoms with van der Waals surface area (Å²) in [6, 6.07) is 11.2. The first-order valence-corrected chi connectivity index (χ1v) is 8.25. The molecule has 1 aliphatic rings. The molecule has 0 atom stereocenters. The van der Waals surface area contributed by atoms with Crippen molar-refractivity contribution in [1.82, 2.24) is 9.47 Å². The summed E-state index contributed by atoms with van der Waals surface area (Å²) < 4.78 is 1.92. The lowest BCUT2D eigenvalue weighted by molar-refractivity contribution is 0.0737. The number of anilines is 1. The van der Waals surface area contributed by atoms with Crippen LogP contribution in [0.5, 0.6) is 0 Å². The smallest absolute Gasteiger partial charge is 0.270 e. The van der Waals surface area contributed by atoms with Crippen LogP contribution in [0.25, 0.3) is 0 Å². The Labute approximate surface area is 146 Å². The molecule has 2 heterocycles. The molecule has 5 nitrogen and oxygen atoms in total. The zero-order valence-electron chi connectivity index (χ0n) is 13.8. The fraction of sp³-hybridized carbons (Fsp3) is 0.333. The number of hydrogen-bond acceptors (Lipinski definition) is 3. The van der Waals surface area contributed by atoms with Gasteiger partial charge in [0, 0.05) is 38.9 Å². The molecule has 6 heteroatoms. The monoisotopic (exact) mass is 342 g/mol. The Hall–Kier alpha value is -2.45. The van der Waals surface area contributed by atoms with Crippen molar-refractivity contribution in [3.8, 4) is 6.07 Å². The summed E-state index contributed by atoms with van der Waals surface area (Å²) in [5.41, 5.74) is 3.26. The summed E-state index contributed by atoms with van der Waals surface area (Å²) >= 11 is 6.28. The minimum Gasteiger partial charge on any atom is -0.367 e. The number of aryl methyl sites for hydroxylation is 1. The number of hydrogen-bond donors (Lipinski definition) is 0. The van der Waals surface area contributed by atoms with E-state index in [1.165, 1.54) is 0 Å². The predicted octanol–water partition coefficient (Wildman–Crippen LogP) is 2.82. The van der Waals surface area contributed by atoms with E-state index in [-0.39, 0.29) is 5.91 Å². The molecule has 1 amide bonds. The van der Waals surface area contributed by atoms with Crippen molar-refractivity contribution in [2.24, 2.45) is 7.05 Å². The highest BCUT2D eigenvalue weighted by Gasteiger charge is 2.24. The first-order chi connectivity index (χ1) is 11.5. The molecular formula is C18H19ClN4O. The number of aromatic nitrogens is 1. The van der Waals surface area contributed by atoms with Gasteiger partial charge in [0.1, 0.15) is 5.69 Å². The second-order valence-electron chi connectivity index (χ2n) is 5.98. The number of carbonyl (C=O) groups excluding carboxylic acids is 1. The number of carbonyl (C=O) groups is 1. The van der Waals surface area contributed by atoms with E-state index >= 15 is 0 Å². The van der Waals surface area contributed by atoms with Crippen LogP contribution in [0.1, 0.15) is 21.7 Å². The van der Waals surface area contributed by atoms with Gasteiger partial charge in [-0.05, 0) is 37.3 Å². The molecule has 3 rings (SSSR count). The summed E-state index contributed by atoms with van der Waals surface area (Å²) in [6.07, 6.45) is 0. The van der Waals surface area contributed by atoms with Crippen LogP contribution in [0, 0.1) is 18.3 Å². The van der Waals surface area contributed by atoms with E-state index in [1.54, 1.807) is 12.1 Å². The number of rotatable bonds is 2. The Morgan fingerprint density at radius 1 is 1.17 bits per heavy atom. The van der Waals surface area contributed by atoms with Crippen LogP contribution in [0.3, 0.4) is 0 Å². The van der Waals surface area contributed by atoms with Crippen molar-refractivity contribution in [3.63, 3.8) is 0 Å². The molecule has 1 aromatic heterocycles. The molecule has 0 saturated carbocycles. The van der Waals surface area contributed by atoms with Gasteiger partial charge in [-0.3, -0.25) is 4.79 Å². The van der Waals surface area contributed by atoms with Crippen LogP contribution in [0.15, 0.2) is 30.3 Å². The molecule has 0 unspecified atom stereocenters. The standard InChI is InChI=1S/C18H19ClN4O/c1-13-3-5-17(21(13)2)18(24)23-9-7-22(8-10-23)16-6-4-14(12-20)11-15(16)19/h3-6,11H,7-10H2,1-2H3. The normalized spacial score (nSPS) is 14.6. The Morgan fingerprint density at radius 3 is 2.42 bits per heavy atom. The van der Waals surface area contributed by atoms with Gasteiger partial charge in [0.15, 0.2) is 0 Å². The Kier molecular flexibility index (Phi) is 4.50. The molecule has 1 aliphatic heterocycles. The number of nitrogens with zero attached hydrogens (tertiary/aromatic N) is 4. The second kappa shape index (κ2) is 6.58. The molecule has 1 saturated heterocycles. The number of piperazine rings is 1. The first-order valence-electron chi connectivity index (χ1n) is 7.87. The van der Waals surface area contributed by atoms with E-state index in [2.05, 4.69) is 11.0 Å². The fourth-order valence-electron chi connectivity index (χ4n) is 2.97. The van der Waals surface area contributed by atoms with Gasteiger partial charge in [0.05, 0.1) is 22.3 Å². The van der Waals surface area contributed by atoms with E-state index in [9.17, 15) is 4.79 Å². The molecule has 1 aromatic carbocycles. The summed E-state index contributed by atoms with van der Waals surface area (Å²) in [7, 11) is 1.91. The van der Waals surface area contributed by atoms with Crippen LogP contribution in [-0.4, -0.2) is 41.6 Å².